The highest BCUT2D eigenvalue weighted by Crippen LogP contribution is 2.21. The molecule has 0 unspecified atom stereocenters. The molecule has 3 nitrogen and oxygen atoms in total. The maximum atomic E-state index is 5.44. The van der Waals surface area contributed by atoms with Gasteiger partial charge < -0.3 is 5.73 Å². The van der Waals surface area contributed by atoms with E-state index in [4.69, 9.17) is 5.73 Å². The van der Waals surface area contributed by atoms with Crippen molar-refractivity contribution in [1.82, 2.24) is 9.97 Å². The van der Waals surface area contributed by atoms with E-state index < -0.39 is 0 Å². The molecule has 0 aromatic carbocycles. The molecule has 13 heavy (non-hydrogen) atoms. The van der Waals surface area contributed by atoms with Crippen molar-refractivity contribution in [3.8, 4) is 0 Å². The minimum atomic E-state index is 0.730. The monoisotopic (exact) mass is 193 g/mol. The summed E-state index contributed by atoms with van der Waals surface area (Å²) in [6, 6.07) is 2.00. The summed E-state index contributed by atoms with van der Waals surface area (Å²) in [6.07, 6.45) is 5.59. The van der Waals surface area contributed by atoms with Crippen LogP contribution in [0.3, 0.4) is 0 Å². The lowest BCUT2D eigenvalue weighted by Crippen LogP contribution is -1.99. The molecule has 68 valence electrons. The highest BCUT2D eigenvalue weighted by molar-refractivity contribution is 7.18. The Morgan fingerprint density at radius 2 is 2.38 bits per heavy atom. The first kappa shape index (κ1) is 8.59. The van der Waals surface area contributed by atoms with Gasteiger partial charge in [0.1, 0.15) is 0 Å². The number of aromatic nitrogens is 2. The normalized spacial score (nSPS) is 10.8. The van der Waals surface area contributed by atoms with E-state index in [0.717, 1.165) is 29.9 Å². The molecule has 0 spiro atoms. The second-order valence-corrected chi connectivity index (χ2v) is 3.96. The summed E-state index contributed by atoms with van der Waals surface area (Å²) >= 11 is 1.73. The zero-order valence-corrected chi connectivity index (χ0v) is 8.05. The van der Waals surface area contributed by atoms with Crippen LogP contribution < -0.4 is 5.73 Å². The minimum Gasteiger partial charge on any atom is -0.330 e. The molecular weight excluding hydrogens is 182 g/mol. The second kappa shape index (κ2) is 3.81. The molecule has 0 saturated heterocycles. The van der Waals surface area contributed by atoms with Gasteiger partial charge in [-0.25, -0.2) is 4.98 Å². The van der Waals surface area contributed by atoms with E-state index in [1.807, 2.05) is 6.07 Å². The Balaban J connectivity index is 2.28. The van der Waals surface area contributed by atoms with E-state index in [-0.39, 0.29) is 0 Å². The first-order valence-corrected chi connectivity index (χ1v) is 5.11. The number of hydrogen-bond acceptors (Lipinski definition) is 4. The van der Waals surface area contributed by atoms with Crippen LogP contribution in [0, 0.1) is 0 Å². The number of aryl methyl sites for hydroxylation is 1. The highest BCUT2D eigenvalue weighted by atomic mass is 32.1. The average molecular weight is 193 g/mol. The fourth-order valence-corrected chi connectivity index (χ4v) is 2.16. The quantitative estimate of drug-likeness (QED) is 0.805. The SMILES string of the molecule is NCCCc1nc2cnccc2s1. The Hall–Kier alpha value is -1.00. The minimum absolute atomic E-state index is 0.730. The van der Waals surface area contributed by atoms with Crippen LogP contribution in [0.15, 0.2) is 18.5 Å². The molecule has 4 heteroatoms. The van der Waals surface area contributed by atoms with Crippen LogP contribution in [0.25, 0.3) is 10.2 Å². The zero-order valence-electron chi connectivity index (χ0n) is 7.23. The van der Waals surface area contributed by atoms with Crippen LogP contribution in [0.5, 0.6) is 0 Å². The Morgan fingerprint density at radius 1 is 1.46 bits per heavy atom. The topological polar surface area (TPSA) is 51.8 Å². The van der Waals surface area contributed by atoms with Gasteiger partial charge in [0.15, 0.2) is 0 Å². The van der Waals surface area contributed by atoms with Crippen molar-refractivity contribution in [2.75, 3.05) is 6.54 Å². The highest BCUT2D eigenvalue weighted by Gasteiger charge is 2.01. The van der Waals surface area contributed by atoms with Gasteiger partial charge in [0.25, 0.3) is 0 Å². The molecule has 2 aromatic heterocycles. The number of pyridine rings is 1. The summed E-state index contributed by atoms with van der Waals surface area (Å²) in [6.45, 7) is 0.730. The summed E-state index contributed by atoms with van der Waals surface area (Å²) in [4.78, 5) is 8.48. The molecule has 0 fully saturated rings. The molecule has 2 aromatic rings. The van der Waals surface area contributed by atoms with Gasteiger partial charge in [0.05, 0.1) is 21.4 Å². The zero-order chi connectivity index (χ0) is 9.10. The second-order valence-electron chi connectivity index (χ2n) is 2.84. The molecule has 2 rings (SSSR count). The van der Waals surface area contributed by atoms with E-state index in [0.29, 0.717) is 0 Å². The summed E-state index contributed by atoms with van der Waals surface area (Å²) in [5, 5.41) is 1.16. The lowest BCUT2D eigenvalue weighted by atomic mass is 10.3. The van der Waals surface area contributed by atoms with Gasteiger partial charge in [-0.15, -0.1) is 11.3 Å². The molecule has 2 heterocycles. The molecular formula is C9H11N3S. The Bertz CT molecular complexity index is 363. The maximum absolute atomic E-state index is 5.44. The summed E-state index contributed by atoms with van der Waals surface area (Å²) in [5.41, 5.74) is 6.43. The van der Waals surface area contributed by atoms with Gasteiger partial charge in [-0.2, -0.15) is 0 Å². The third-order valence-corrected chi connectivity index (χ3v) is 2.93. The molecule has 0 bridgehead atoms. The maximum Gasteiger partial charge on any atom is 0.0998 e. The van der Waals surface area contributed by atoms with E-state index in [2.05, 4.69) is 9.97 Å². The third kappa shape index (κ3) is 1.84. The Morgan fingerprint density at radius 3 is 3.15 bits per heavy atom. The first-order valence-electron chi connectivity index (χ1n) is 4.29. The number of thiazole rings is 1. The van der Waals surface area contributed by atoms with Crippen molar-refractivity contribution in [3.63, 3.8) is 0 Å². The van der Waals surface area contributed by atoms with Gasteiger partial charge in [-0.3, -0.25) is 4.98 Å². The molecule has 0 aliphatic carbocycles. The van der Waals surface area contributed by atoms with Crippen molar-refractivity contribution in [1.29, 1.82) is 0 Å². The molecule has 0 aliphatic heterocycles. The average Bonchev–Trinajstić information content (AvgIpc) is 2.57. The Kier molecular flexibility index (Phi) is 2.52. The van der Waals surface area contributed by atoms with Crippen LogP contribution in [0.2, 0.25) is 0 Å². The molecule has 2 N–H and O–H groups in total. The number of hydrogen-bond donors (Lipinski definition) is 1. The van der Waals surface area contributed by atoms with Gasteiger partial charge in [0.2, 0.25) is 0 Å². The predicted molar refractivity (Wildman–Crippen MR) is 54.8 cm³/mol. The smallest absolute Gasteiger partial charge is 0.0998 e. The van der Waals surface area contributed by atoms with Gasteiger partial charge in [-0.1, -0.05) is 0 Å². The van der Waals surface area contributed by atoms with Crippen LogP contribution >= 0.6 is 11.3 Å². The standard InChI is InChI=1S/C9H11N3S/c10-4-1-2-9-12-7-6-11-5-3-8(7)13-9/h3,5-6H,1-2,4,10H2. The van der Waals surface area contributed by atoms with Crippen LogP contribution in [0.4, 0.5) is 0 Å². The summed E-state index contributed by atoms with van der Waals surface area (Å²) in [7, 11) is 0. The molecule has 0 radical (unpaired) electrons. The largest absolute Gasteiger partial charge is 0.330 e. The van der Waals surface area contributed by atoms with E-state index in [9.17, 15) is 0 Å². The fraction of sp³-hybridized carbons (Fsp3) is 0.333. The lowest BCUT2D eigenvalue weighted by molar-refractivity contribution is 0.828. The molecule has 0 aliphatic rings. The summed E-state index contributed by atoms with van der Waals surface area (Å²) in [5.74, 6) is 0. The number of rotatable bonds is 3. The van der Waals surface area contributed by atoms with Gasteiger partial charge >= 0.3 is 0 Å². The van der Waals surface area contributed by atoms with Crippen molar-refractivity contribution in [2.24, 2.45) is 5.73 Å². The van der Waals surface area contributed by atoms with Crippen molar-refractivity contribution in [3.05, 3.63) is 23.5 Å². The van der Waals surface area contributed by atoms with Gasteiger partial charge in [0, 0.05) is 12.6 Å². The number of fused-ring (bicyclic) bond motifs is 1. The fourth-order valence-electron chi connectivity index (χ4n) is 1.19. The first-order chi connectivity index (χ1) is 6.40. The van der Waals surface area contributed by atoms with Gasteiger partial charge in [-0.05, 0) is 19.0 Å². The predicted octanol–water partition coefficient (Wildman–Crippen LogP) is 1.58. The molecule has 0 atom stereocenters. The van der Waals surface area contributed by atoms with Crippen LogP contribution in [-0.4, -0.2) is 16.5 Å². The molecule has 0 saturated carbocycles. The Labute approximate surface area is 80.6 Å². The van der Waals surface area contributed by atoms with E-state index >= 15 is 0 Å². The van der Waals surface area contributed by atoms with Crippen LogP contribution in [-0.2, 0) is 6.42 Å². The number of nitrogens with zero attached hydrogens (tertiary/aromatic N) is 2. The molecule has 0 amide bonds. The lowest BCUT2D eigenvalue weighted by Gasteiger charge is -1.89. The van der Waals surface area contributed by atoms with Crippen molar-refractivity contribution >= 4 is 21.6 Å². The van der Waals surface area contributed by atoms with E-state index in [1.165, 1.54) is 4.70 Å². The van der Waals surface area contributed by atoms with Crippen molar-refractivity contribution < 1.29 is 0 Å². The van der Waals surface area contributed by atoms with E-state index in [1.54, 1.807) is 23.7 Å². The number of nitrogens with two attached hydrogens (primary N) is 1. The summed E-state index contributed by atoms with van der Waals surface area (Å²) < 4.78 is 1.21. The van der Waals surface area contributed by atoms with Crippen molar-refractivity contribution in [2.45, 2.75) is 12.8 Å². The third-order valence-electron chi connectivity index (χ3n) is 1.83. The van der Waals surface area contributed by atoms with Crippen LogP contribution in [0.1, 0.15) is 11.4 Å².